The summed E-state index contributed by atoms with van der Waals surface area (Å²) in [5.41, 5.74) is 4.73. The van der Waals surface area contributed by atoms with Crippen molar-refractivity contribution in [2.24, 2.45) is 5.92 Å². The molecule has 0 fully saturated rings. The summed E-state index contributed by atoms with van der Waals surface area (Å²) < 4.78 is 5.52. The molecule has 1 unspecified atom stereocenters. The second-order valence-electron chi connectivity index (χ2n) is 8.55. The van der Waals surface area contributed by atoms with Crippen LogP contribution in [0.15, 0.2) is 48.5 Å². The molecule has 2 amide bonds. The van der Waals surface area contributed by atoms with Crippen molar-refractivity contribution in [3.8, 4) is 11.1 Å². The summed E-state index contributed by atoms with van der Waals surface area (Å²) in [7, 11) is 0. The summed E-state index contributed by atoms with van der Waals surface area (Å²) in [5, 5.41) is 14.2. The third kappa shape index (κ3) is 7.07. The van der Waals surface area contributed by atoms with Gasteiger partial charge in [-0.25, -0.2) is 4.79 Å². The second-order valence-corrected chi connectivity index (χ2v) is 8.55. The molecule has 2 aromatic carbocycles. The number of carboxylic acid groups (broad SMARTS) is 1. The van der Waals surface area contributed by atoms with Crippen LogP contribution in [-0.4, -0.2) is 42.8 Å². The number of fused-ring (bicyclic) bond motifs is 3. The lowest BCUT2D eigenvalue weighted by Gasteiger charge is -2.15. The number of hydrogen-bond acceptors (Lipinski definition) is 4. The normalized spacial score (nSPS) is 13.0. The molecule has 0 aliphatic heterocycles. The Hall–Kier alpha value is -3.35. The number of amides is 2. The Bertz CT molecular complexity index is 929. The van der Waals surface area contributed by atoms with Crippen molar-refractivity contribution >= 4 is 18.0 Å². The van der Waals surface area contributed by atoms with Gasteiger partial charge >= 0.3 is 12.1 Å². The molecule has 0 aromatic heterocycles. The molecular weight excluding hydrogens is 420 g/mol. The minimum atomic E-state index is -0.821. The smallest absolute Gasteiger partial charge is 0.407 e. The lowest BCUT2D eigenvalue weighted by Crippen LogP contribution is -2.29. The van der Waals surface area contributed by atoms with Gasteiger partial charge < -0.3 is 20.5 Å². The molecule has 0 saturated carbocycles. The van der Waals surface area contributed by atoms with Gasteiger partial charge in [0.15, 0.2) is 0 Å². The summed E-state index contributed by atoms with van der Waals surface area (Å²) in [5.74, 6) is -0.739. The molecule has 0 spiro atoms. The number of unbranched alkanes of at least 4 members (excludes halogenated alkanes) is 1. The molecule has 176 valence electrons. The number of carbonyl (C=O) groups is 3. The maximum Gasteiger partial charge on any atom is 0.407 e. The largest absolute Gasteiger partial charge is 0.481 e. The summed E-state index contributed by atoms with van der Waals surface area (Å²) in [6.07, 6.45) is 1.90. The van der Waals surface area contributed by atoms with Crippen LogP contribution in [-0.2, 0) is 14.3 Å². The lowest BCUT2D eigenvalue weighted by molar-refractivity contribution is -0.137. The predicted molar refractivity (Wildman–Crippen MR) is 126 cm³/mol. The zero-order valence-electron chi connectivity index (χ0n) is 19.0. The average Bonchev–Trinajstić information content (AvgIpc) is 3.11. The number of nitrogens with one attached hydrogen (secondary N) is 2. The van der Waals surface area contributed by atoms with Crippen molar-refractivity contribution in [3.05, 3.63) is 59.7 Å². The van der Waals surface area contributed by atoms with Crippen molar-refractivity contribution in [2.75, 3.05) is 19.7 Å². The van der Waals surface area contributed by atoms with Crippen molar-refractivity contribution in [1.82, 2.24) is 10.6 Å². The molecule has 2 aromatic rings. The first-order valence-electron chi connectivity index (χ1n) is 11.5. The Morgan fingerprint density at radius 1 is 0.939 bits per heavy atom. The summed E-state index contributed by atoms with van der Waals surface area (Å²) in [6.45, 7) is 3.16. The molecule has 0 heterocycles. The molecule has 33 heavy (non-hydrogen) atoms. The monoisotopic (exact) mass is 452 g/mol. The van der Waals surface area contributed by atoms with E-state index in [1.54, 1.807) is 0 Å². The molecule has 3 rings (SSSR count). The predicted octanol–water partition coefficient (Wildman–Crippen LogP) is 4.31. The Balaban J connectivity index is 1.34. The number of benzene rings is 2. The van der Waals surface area contributed by atoms with Crippen LogP contribution in [0.3, 0.4) is 0 Å². The molecule has 0 radical (unpaired) electrons. The summed E-state index contributed by atoms with van der Waals surface area (Å²) >= 11 is 0. The highest BCUT2D eigenvalue weighted by Crippen LogP contribution is 2.44. The van der Waals surface area contributed by atoms with Crippen molar-refractivity contribution in [2.45, 2.75) is 44.9 Å². The van der Waals surface area contributed by atoms with Crippen molar-refractivity contribution < 1.29 is 24.2 Å². The number of aliphatic carboxylic acids is 1. The van der Waals surface area contributed by atoms with Gasteiger partial charge in [-0.15, -0.1) is 0 Å². The van der Waals surface area contributed by atoms with E-state index in [0.717, 1.165) is 0 Å². The fraction of sp³-hybridized carbons (Fsp3) is 0.423. The quantitative estimate of drug-likeness (QED) is 0.416. The number of alkyl carbamates (subject to hydrolysis) is 1. The standard InChI is InChI=1S/C26H32N2O5/c1-18(16-24(29)27-14-7-6-12-25(30)31)13-15-28-26(32)33-17-23-21-10-4-2-8-19(21)20-9-3-5-11-22(20)23/h2-5,8-11,18,23H,6-7,12-17H2,1H3,(H,27,29)(H,28,32)(H,30,31). The first-order valence-corrected chi connectivity index (χ1v) is 11.5. The van der Waals surface area contributed by atoms with Crippen molar-refractivity contribution in [1.29, 1.82) is 0 Å². The highest BCUT2D eigenvalue weighted by atomic mass is 16.5. The van der Waals surface area contributed by atoms with Gasteiger partial charge in [-0.1, -0.05) is 55.5 Å². The van der Waals surface area contributed by atoms with E-state index in [4.69, 9.17) is 9.84 Å². The van der Waals surface area contributed by atoms with Crippen LogP contribution < -0.4 is 10.6 Å². The summed E-state index contributed by atoms with van der Waals surface area (Å²) in [6, 6.07) is 16.4. The van der Waals surface area contributed by atoms with Gasteiger partial charge in [-0.3, -0.25) is 9.59 Å². The molecule has 0 saturated heterocycles. The topological polar surface area (TPSA) is 105 Å². The third-order valence-corrected chi connectivity index (χ3v) is 5.92. The van der Waals surface area contributed by atoms with E-state index >= 15 is 0 Å². The van der Waals surface area contributed by atoms with Crippen LogP contribution in [0.25, 0.3) is 11.1 Å². The Morgan fingerprint density at radius 2 is 1.58 bits per heavy atom. The Kier molecular flexibility index (Phi) is 8.87. The lowest BCUT2D eigenvalue weighted by atomic mass is 9.98. The maximum atomic E-state index is 12.2. The van der Waals surface area contributed by atoms with Gasteiger partial charge in [-0.2, -0.15) is 0 Å². The number of carbonyl (C=O) groups excluding carboxylic acids is 2. The number of hydrogen-bond donors (Lipinski definition) is 3. The SMILES string of the molecule is CC(CCNC(=O)OCC1c2ccccc2-c2ccccc21)CC(=O)NCCCCC(=O)O. The molecular formula is C26H32N2O5. The van der Waals surface area contributed by atoms with Gasteiger partial charge in [0.1, 0.15) is 6.61 Å². The van der Waals surface area contributed by atoms with Gasteiger partial charge in [-0.05, 0) is 47.4 Å². The zero-order valence-corrected chi connectivity index (χ0v) is 19.0. The fourth-order valence-corrected chi connectivity index (χ4v) is 4.19. The van der Waals surface area contributed by atoms with Crippen LogP contribution in [0, 0.1) is 5.92 Å². The number of carboxylic acids is 1. The molecule has 1 aliphatic carbocycles. The molecule has 0 bridgehead atoms. The first-order chi connectivity index (χ1) is 16.0. The minimum absolute atomic E-state index is 0.0290. The van der Waals surface area contributed by atoms with E-state index in [2.05, 4.69) is 34.9 Å². The zero-order chi connectivity index (χ0) is 23.6. The van der Waals surface area contributed by atoms with E-state index in [-0.39, 0.29) is 30.8 Å². The van der Waals surface area contributed by atoms with E-state index in [0.29, 0.717) is 38.8 Å². The van der Waals surface area contributed by atoms with Crippen LogP contribution in [0.5, 0.6) is 0 Å². The second kappa shape index (κ2) is 12.0. The van der Waals surface area contributed by atoms with Crippen LogP contribution in [0.1, 0.15) is 56.1 Å². The number of rotatable bonds is 12. The minimum Gasteiger partial charge on any atom is -0.481 e. The molecule has 3 N–H and O–H groups in total. The van der Waals surface area contributed by atoms with E-state index < -0.39 is 12.1 Å². The molecule has 7 nitrogen and oxygen atoms in total. The third-order valence-electron chi connectivity index (χ3n) is 5.92. The first kappa shape index (κ1) is 24.3. The van der Waals surface area contributed by atoms with Gasteiger partial charge in [0.25, 0.3) is 0 Å². The highest BCUT2D eigenvalue weighted by molar-refractivity contribution is 5.79. The Labute approximate surface area is 194 Å². The van der Waals surface area contributed by atoms with E-state index in [9.17, 15) is 14.4 Å². The van der Waals surface area contributed by atoms with E-state index in [1.165, 1.54) is 22.3 Å². The molecule has 1 aliphatic rings. The van der Waals surface area contributed by atoms with Gasteiger partial charge in [0.05, 0.1) is 0 Å². The maximum absolute atomic E-state index is 12.2. The van der Waals surface area contributed by atoms with Crippen LogP contribution >= 0.6 is 0 Å². The molecule has 7 heteroatoms. The molecule has 1 atom stereocenters. The highest BCUT2D eigenvalue weighted by Gasteiger charge is 2.28. The average molecular weight is 453 g/mol. The summed E-state index contributed by atoms with van der Waals surface area (Å²) in [4.78, 5) is 34.7. The van der Waals surface area contributed by atoms with Crippen molar-refractivity contribution in [3.63, 3.8) is 0 Å². The Morgan fingerprint density at radius 3 is 2.21 bits per heavy atom. The van der Waals surface area contributed by atoms with Gasteiger partial charge in [0, 0.05) is 31.8 Å². The van der Waals surface area contributed by atoms with Crippen LogP contribution in [0.4, 0.5) is 4.79 Å². The van der Waals surface area contributed by atoms with E-state index in [1.807, 2.05) is 31.2 Å². The number of ether oxygens (including phenoxy) is 1. The van der Waals surface area contributed by atoms with Gasteiger partial charge in [0.2, 0.25) is 5.91 Å². The van der Waals surface area contributed by atoms with Crippen LogP contribution in [0.2, 0.25) is 0 Å². The fourth-order valence-electron chi connectivity index (χ4n) is 4.19.